The molecule has 0 fully saturated rings. The molecule has 106 valence electrons. The predicted octanol–water partition coefficient (Wildman–Crippen LogP) is 3.67. The molecular weight excluding hydrogens is 276 g/mol. The molecule has 3 rings (SSSR count). The van der Waals surface area contributed by atoms with Crippen LogP contribution in [0.2, 0.25) is 0 Å². The first-order valence-corrected chi connectivity index (χ1v) is 6.31. The number of hydrogen-bond acceptors (Lipinski definition) is 1. The monoisotopic (exact) mass is 287 g/mol. The molecule has 1 heterocycles. The van der Waals surface area contributed by atoms with Crippen LogP contribution in [-0.2, 0) is 11.3 Å². The Labute approximate surface area is 119 Å². The van der Waals surface area contributed by atoms with Crippen molar-refractivity contribution in [3.8, 4) is 11.3 Å². The van der Waals surface area contributed by atoms with Gasteiger partial charge in [0.25, 0.3) is 0 Å². The summed E-state index contributed by atoms with van der Waals surface area (Å²) in [5.41, 5.74) is 1.91. The Bertz CT molecular complexity index is 822. The van der Waals surface area contributed by atoms with Crippen molar-refractivity contribution < 1.29 is 18.7 Å². The van der Waals surface area contributed by atoms with Crippen molar-refractivity contribution in [1.82, 2.24) is 4.57 Å². The predicted molar refractivity (Wildman–Crippen MR) is 74.9 cm³/mol. The summed E-state index contributed by atoms with van der Waals surface area (Å²) in [5, 5.41) is 9.67. The molecule has 3 nitrogen and oxygen atoms in total. The fourth-order valence-corrected chi connectivity index (χ4v) is 2.41. The highest BCUT2D eigenvalue weighted by atomic mass is 19.1. The van der Waals surface area contributed by atoms with E-state index in [0.29, 0.717) is 22.2 Å². The van der Waals surface area contributed by atoms with Crippen molar-refractivity contribution in [3.05, 3.63) is 60.2 Å². The number of carboxylic acid groups (broad SMARTS) is 1. The molecule has 0 aliphatic carbocycles. The lowest BCUT2D eigenvalue weighted by Crippen LogP contribution is -2.09. The molecule has 1 N–H and O–H groups in total. The number of nitrogens with zero attached hydrogens (tertiary/aromatic N) is 1. The number of hydrogen-bond donors (Lipinski definition) is 1. The largest absolute Gasteiger partial charge is 0.480 e. The zero-order valence-electron chi connectivity index (χ0n) is 10.9. The summed E-state index contributed by atoms with van der Waals surface area (Å²) < 4.78 is 27.9. The van der Waals surface area contributed by atoms with Crippen LogP contribution in [0.15, 0.2) is 48.5 Å². The Balaban J connectivity index is 2.24. The van der Waals surface area contributed by atoms with Crippen molar-refractivity contribution in [2.45, 2.75) is 6.54 Å². The Morgan fingerprint density at radius 1 is 1.00 bits per heavy atom. The third-order valence-electron chi connectivity index (χ3n) is 3.30. The van der Waals surface area contributed by atoms with Gasteiger partial charge in [-0.25, -0.2) is 8.78 Å². The number of fused-ring (bicyclic) bond motifs is 1. The smallest absolute Gasteiger partial charge is 0.323 e. The summed E-state index contributed by atoms with van der Waals surface area (Å²) in [7, 11) is 0. The van der Waals surface area contributed by atoms with E-state index in [0.717, 1.165) is 0 Å². The highest BCUT2D eigenvalue weighted by Crippen LogP contribution is 2.29. The molecule has 0 aliphatic heterocycles. The van der Waals surface area contributed by atoms with E-state index in [1.807, 2.05) is 0 Å². The van der Waals surface area contributed by atoms with Gasteiger partial charge in [-0.2, -0.15) is 0 Å². The number of rotatable bonds is 3. The molecule has 0 bridgehead atoms. The van der Waals surface area contributed by atoms with Crippen LogP contribution >= 0.6 is 0 Å². The van der Waals surface area contributed by atoms with E-state index in [1.54, 1.807) is 28.8 Å². The molecule has 0 saturated carbocycles. The number of aliphatic carboxylic acids is 1. The minimum Gasteiger partial charge on any atom is -0.480 e. The van der Waals surface area contributed by atoms with Crippen molar-refractivity contribution in [1.29, 1.82) is 0 Å². The average Bonchev–Trinajstić information content (AvgIpc) is 2.77. The minimum absolute atomic E-state index is 0.248. The number of carbonyl (C=O) groups is 1. The van der Waals surface area contributed by atoms with Crippen LogP contribution in [-0.4, -0.2) is 15.6 Å². The standard InChI is InChI=1S/C16H11F2NO2/c17-12-3-1-10(2-4-12)15-8-11-7-13(18)5-6-14(11)19(15)9-16(20)21/h1-8H,9H2,(H,20,21). The number of halogens is 2. The van der Waals surface area contributed by atoms with E-state index in [4.69, 9.17) is 5.11 Å². The van der Waals surface area contributed by atoms with Crippen LogP contribution in [0.3, 0.4) is 0 Å². The molecule has 0 unspecified atom stereocenters. The Hall–Kier alpha value is -2.69. The van der Waals surface area contributed by atoms with Gasteiger partial charge in [-0.05, 0) is 54.1 Å². The first kappa shape index (κ1) is 13.3. The van der Waals surface area contributed by atoms with Crippen molar-refractivity contribution >= 4 is 16.9 Å². The van der Waals surface area contributed by atoms with Gasteiger partial charge >= 0.3 is 5.97 Å². The van der Waals surface area contributed by atoms with Crippen molar-refractivity contribution in [2.24, 2.45) is 0 Å². The first-order valence-electron chi connectivity index (χ1n) is 6.31. The maximum atomic E-state index is 13.3. The van der Waals surface area contributed by atoms with Gasteiger partial charge in [-0.3, -0.25) is 4.79 Å². The van der Waals surface area contributed by atoms with E-state index in [1.165, 1.54) is 24.3 Å². The van der Waals surface area contributed by atoms with Gasteiger partial charge in [0, 0.05) is 16.6 Å². The maximum absolute atomic E-state index is 13.3. The first-order chi connectivity index (χ1) is 10.0. The highest BCUT2D eigenvalue weighted by molar-refractivity contribution is 5.88. The molecule has 5 heteroatoms. The molecule has 0 amide bonds. The molecule has 1 aromatic heterocycles. The molecule has 0 atom stereocenters. The van der Waals surface area contributed by atoms with Gasteiger partial charge < -0.3 is 9.67 Å². The van der Waals surface area contributed by atoms with E-state index >= 15 is 0 Å². The van der Waals surface area contributed by atoms with E-state index in [9.17, 15) is 13.6 Å². The topological polar surface area (TPSA) is 42.2 Å². The van der Waals surface area contributed by atoms with Gasteiger partial charge in [0.2, 0.25) is 0 Å². The van der Waals surface area contributed by atoms with Crippen molar-refractivity contribution in [3.63, 3.8) is 0 Å². The van der Waals surface area contributed by atoms with Crippen LogP contribution < -0.4 is 0 Å². The van der Waals surface area contributed by atoms with E-state index in [-0.39, 0.29) is 18.2 Å². The van der Waals surface area contributed by atoms with Crippen LogP contribution in [0.25, 0.3) is 22.2 Å². The maximum Gasteiger partial charge on any atom is 0.323 e. The molecular formula is C16H11F2NO2. The Morgan fingerprint density at radius 2 is 1.67 bits per heavy atom. The summed E-state index contributed by atoms with van der Waals surface area (Å²) in [4.78, 5) is 11.1. The molecule has 3 aromatic rings. The fraction of sp³-hybridized carbons (Fsp3) is 0.0625. The van der Waals surface area contributed by atoms with Crippen LogP contribution in [0, 0.1) is 11.6 Å². The summed E-state index contributed by atoms with van der Waals surface area (Å²) in [6.45, 7) is -0.248. The van der Waals surface area contributed by atoms with Crippen molar-refractivity contribution in [2.75, 3.05) is 0 Å². The quantitative estimate of drug-likeness (QED) is 0.798. The van der Waals surface area contributed by atoms with Gasteiger partial charge in [-0.1, -0.05) is 0 Å². The Morgan fingerprint density at radius 3 is 2.33 bits per heavy atom. The second-order valence-electron chi connectivity index (χ2n) is 4.72. The Kier molecular flexibility index (Phi) is 3.17. The summed E-state index contributed by atoms with van der Waals surface area (Å²) in [6.07, 6.45) is 0. The SMILES string of the molecule is O=C(O)Cn1c(-c2ccc(F)cc2)cc2cc(F)ccc21. The molecule has 21 heavy (non-hydrogen) atoms. The fourth-order valence-electron chi connectivity index (χ4n) is 2.41. The second-order valence-corrected chi connectivity index (χ2v) is 4.72. The van der Waals surface area contributed by atoms with Gasteiger partial charge in [0.15, 0.2) is 0 Å². The normalized spacial score (nSPS) is 11.0. The van der Waals surface area contributed by atoms with Gasteiger partial charge in [-0.15, -0.1) is 0 Å². The number of aromatic nitrogens is 1. The lowest BCUT2D eigenvalue weighted by Gasteiger charge is -2.08. The second kappa shape index (κ2) is 5.01. The molecule has 0 radical (unpaired) electrons. The van der Waals surface area contributed by atoms with Crippen LogP contribution in [0.5, 0.6) is 0 Å². The third-order valence-corrected chi connectivity index (χ3v) is 3.30. The third kappa shape index (κ3) is 2.50. The average molecular weight is 287 g/mol. The van der Waals surface area contributed by atoms with Crippen LogP contribution in [0.4, 0.5) is 8.78 Å². The van der Waals surface area contributed by atoms with E-state index in [2.05, 4.69) is 0 Å². The number of benzene rings is 2. The summed E-state index contributed by atoms with van der Waals surface area (Å²) >= 11 is 0. The molecule has 0 aliphatic rings. The zero-order valence-corrected chi connectivity index (χ0v) is 10.9. The van der Waals surface area contributed by atoms with Crippen LogP contribution in [0.1, 0.15) is 0 Å². The number of carboxylic acids is 1. The molecule has 0 saturated heterocycles. The zero-order chi connectivity index (χ0) is 15.0. The van der Waals surface area contributed by atoms with Gasteiger partial charge in [0.05, 0.1) is 0 Å². The lowest BCUT2D eigenvalue weighted by atomic mass is 10.1. The minimum atomic E-state index is -1.000. The highest BCUT2D eigenvalue weighted by Gasteiger charge is 2.13. The van der Waals surface area contributed by atoms with E-state index < -0.39 is 5.97 Å². The summed E-state index contributed by atoms with van der Waals surface area (Å²) in [5.74, 6) is -1.76. The lowest BCUT2D eigenvalue weighted by molar-refractivity contribution is -0.137. The summed E-state index contributed by atoms with van der Waals surface area (Å²) in [6, 6.07) is 11.6. The molecule has 0 spiro atoms. The molecule has 2 aromatic carbocycles. The van der Waals surface area contributed by atoms with Gasteiger partial charge in [0.1, 0.15) is 18.2 Å².